The van der Waals surface area contributed by atoms with Crippen molar-refractivity contribution < 1.29 is 4.79 Å². The van der Waals surface area contributed by atoms with Crippen LogP contribution in [0.2, 0.25) is 5.02 Å². The molecule has 2 aromatic rings. The maximum atomic E-state index is 11.0. The van der Waals surface area contributed by atoms with E-state index in [9.17, 15) is 4.79 Å². The van der Waals surface area contributed by atoms with Gasteiger partial charge in [0.2, 0.25) is 0 Å². The minimum absolute atomic E-state index is 0.150. The van der Waals surface area contributed by atoms with Crippen LogP contribution >= 0.6 is 22.9 Å². The van der Waals surface area contributed by atoms with Gasteiger partial charge in [0.15, 0.2) is 6.29 Å². The van der Waals surface area contributed by atoms with Gasteiger partial charge in [0.05, 0.1) is 10.9 Å². The van der Waals surface area contributed by atoms with Gasteiger partial charge in [-0.05, 0) is 47.7 Å². The zero-order valence-electron chi connectivity index (χ0n) is 11.3. The molecule has 104 valence electrons. The second kappa shape index (κ2) is 5.68. The van der Waals surface area contributed by atoms with Crippen molar-refractivity contribution in [1.82, 2.24) is 5.32 Å². The zero-order chi connectivity index (χ0) is 14.1. The first-order valence-corrected chi connectivity index (χ1v) is 8.02. The highest BCUT2D eigenvalue weighted by Crippen LogP contribution is 2.35. The van der Waals surface area contributed by atoms with Crippen molar-refractivity contribution >= 4 is 29.2 Å². The molecule has 1 atom stereocenters. The highest BCUT2D eigenvalue weighted by Gasteiger charge is 2.24. The topological polar surface area (TPSA) is 29.1 Å². The van der Waals surface area contributed by atoms with E-state index in [1.165, 1.54) is 21.6 Å². The molecule has 2 nitrogen and oxygen atoms in total. The Bertz CT molecular complexity index is 650. The van der Waals surface area contributed by atoms with E-state index in [4.69, 9.17) is 11.6 Å². The minimum Gasteiger partial charge on any atom is -0.306 e. The van der Waals surface area contributed by atoms with Crippen LogP contribution in [0.1, 0.15) is 44.2 Å². The summed E-state index contributed by atoms with van der Waals surface area (Å²) in [6.07, 6.45) is 2.91. The Labute approximate surface area is 127 Å². The van der Waals surface area contributed by atoms with E-state index in [0.717, 1.165) is 35.6 Å². The molecule has 0 radical (unpaired) electrons. The molecular formula is C16H16ClNOS. The molecule has 3 rings (SSSR count). The van der Waals surface area contributed by atoms with Gasteiger partial charge >= 0.3 is 0 Å². The molecule has 0 fully saturated rings. The van der Waals surface area contributed by atoms with Gasteiger partial charge in [-0.3, -0.25) is 4.79 Å². The number of benzene rings is 1. The van der Waals surface area contributed by atoms with Crippen LogP contribution in [0.3, 0.4) is 0 Å². The Balaban J connectivity index is 2.10. The number of halogens is 1. The van der Waals surface area contributed by atoms with Gasteiger partial charge in [-0.1, -0.05) is 24.6 Å². The van der Waals surface area contributed by atoms with E-state index < -0.39 is 0 Å². The van der Waals surface area contributed by atoms with Crippen molar-refractivity contribution in [2.24, 2.45) is 0 Å². The first-order valence-electron chi connectivity index (χ1n) is 6.82. The Morgan fingerprint density at radius 1 is 1.40 bits per heavy atom. The van der Waals surface area contributed by atoms with Gasteiger partial charge in [0.1, 0.15) is 0 Å². The molecule has 0 saturated carbocycles. The first-order chi connectivity index (χ1) is 9.72. The molecule has 0 saturated heterocycles. The van der Waals surface area contributed by atoms with E-state index in [1.54, 1.807) is 11.3 Å². The third-order valence-electron chi connectivity index (χ3n) is 3.77. The van der Waals surface area contributed by atoms with Crippen LogP contribution in [-0.4, -0.2) is 12.8 Å². The predicted octanol–water partition coefficient (Wildman–Crippen LogP) is 4.01. The van der Waals surface area contributed by atoms with Crippen LogP contribution in [0.5, 0.6) is 0 Å². The maximum Gasteiger partial charge on any atom is 0.160 e. The van der Waals surface area contributed by atoms with Crippen LogP contribution in [-0.2, 0) is 12.8 Å². The molecule has 1 aliphatic heterocycles. The van der Waals surface area contributed by atoms with Gasteiger partial charge < -0.3 is 5.32 Å². The summed E-state index contributed by atoms with van der Waals surface area (Å²) in [4.78, 5) is 13.1. The summed E-state index contributed by atoms with van der Waals surface area (Å²) in [5.41, 5.74) is 3.82. The fourth-order valence-corrected chi connectivity index (χ4v) is 3.98. The average molecular weight is 306 g/mol. The van der Waals surface area contributed by atoms with E-state index in [2.05, 4.69) is 18.3 Å². The van der Waals surface area contributed by atoms with Crippen molar-refractivity contribution in [2.45, 2.75) is 25.8 Å². The third-order valence-corrected chi connectivity index (χ3v) is 5.23. The first kappa shape index (κ1) is 13.8. The predicted molar refractivity (Wildman–Crippen MR) is 84.1 cm³/mol. The number of carbonyl (C=O) groups is 1. The summed E-state index contributed by atoms with van der Waals surface area (Å²) in [5.74, 6) is 0. The summed E-state index contributed by atoms with van der Waals surface area (Å²) in [5, 5.41) is 4.33. The van der Waals surface area contributed by atoms with Crippen LogP contribution < -0.4 is 5.32 Å². The number of hydrogen-bond donors (Lipinski definition) is 1. The van der Waals surface area contributed by atoms with E-state index in [0.29, 0.717) is 0 Å². The molecule has 1 aromatic carbocycles. The van der Waals surface area contributed by atoms with Crippen molar-refractivity contribution in [3.63, 3.8) is 0 Å². The lowest BCUT2D eigenvalue weighted by molar-refractivity contribution is 0.112. The number of hydrogen-bond acceptors (Lipinski definition) is 3. The van der Waals surface area contributed by atoms with Crippen molar-refractivity contribution in [3.8, 4) is 0 Å². The van der Waals surface area contributed by atoms with Crippen LogP contribution in [0, 0.1) is 0 Å². The van der Waals surface area contributed by atoms with E-state index >= 15 is 0 Å². The highest BCUT2D eigenvalue weighted by molar-refractivity contribution is 7.13. The number of rotatable bonds is 3. The Hall–Kier alpha value is -1.16. The monoisotopic (exact) mass is 305 g/mol. The van der Waals surface area contributed by atoms with Crippen molar-refractivity contribution in [2.75, 3.05) is 6.54 Å². The number of thiophene rings is 1. The van der Waals surface area contributed by atoms with Crippen molar-refractivity contribution in [3.05, 3.63) is 55.7 Å². The largest absolute Gasteiger partial charge is 0.306 e. The van der Waals surface area contributed by atoms with Crippen LogP contribution in [0.25, 0.3) is 0 Å². The third kappa shape index (κ3) is 2.41. The van der Waals surface area contributed by atoms with Gasteiger partial charge in [-0.25, -0.2) is 0 Å². The summed E-state index contributed by atoms with van der Waals surface area (Å²) in [6.45, 7) is 3.08. The lowest BCUT2D eigenvalue weighted by Crippen LogP contribution is -2.30. The van der Waals surface area contributed by atoms with Gasteiger partial charge in [0.25, 0.3) is 0 Å². The van der Waals surface area contributed by atoms with E-state index in [-0.39, 0.29) is 6.04 Å². The molecule has 2 heterocycles. The van der Waals surface area contributed by atoms with Gasteiger partial charge in [-0.15, -0.1) is 11.3 Å². The zero-order valence-corrected chi connectivity index (χ0v) is 12.9. The number of carbonyl (C=O) groups excluding carboxylic acids is 1. The Morgan fingerprint density at radius 2 is 2.25 bits per heavy atom. The lowest BCUT2D eigenvalue weighted by atomic mass is 9.89. The molecule has 1 aliphatic rings. The normalized spacial score (nSPS) is 17.8. The summed E-state index contributed by atoms with van der Waals surface area (Å²) < 4.78 is 0. The number of aryl methyl sites for hydroxylation is 1. The molecule has 0 bridgehead atoms. The average Bonchev–Trinajstić information content (AvgIpc) is 2.89. The molecule has 1 N–H and O–H groups in total. The van der Waals surface area contributed by atoms with Gasteiger partial charge in [0, 0.05) is 16.4 Å². The van der Waals surface area contributed by atoms with Crippen molar-refractivity contribution in [1.29, 1.82) is 0 Å². The SMILES string of the molecule is CCc1sc(C=O)cc1C1NCCc2ccc(Cl)cc21. The molecule has 20 heavy (non-hydrogen) atoms. The number of fused-ring (bicyclic) bond motifs is 1. The van der Waals surface area contributed by atoms with E-state index in [1.807, 2.05) is 18.2 Å². The molecule has 0 spiro atoms. The molecular weight excluding hydrogens is 290 g/mol. The summed E-state index contributed by atoms with van der Waals surface area (Å²) in [7, 11) is 0. The minimum atomic E-state index is 0.150. The Kier molecular flexibility index (Phi) is 3.92. The van der Waals surface area contributed by atoms with Crippen LogP contribution in [0.15, 0.2) is 24.3 Å². The Morgan fingerprint density at radius 3 is 3.00 bits per heavy atom. The molecule has 1 unspecified atom stereocenters. The molecule has 0 aliphatic carbocycles. The molecule has 0 amide bonds. The highest BCUT2D eigenvalue weighted by atomic mass is 35.5. The molecule has 4 heteroatoms. The lowest BCUT2D eigenvalue weighted by Gasteiger charge is -2.27. The maximum absolute atomic E-state index is 11.0. The van der Waals surface area contributed by atoms with Gasteiger partial charge in [-0.2, -0.15) is 0 Å². The standard InChI is InChI=1S/C16H16ClNOS/c1-2-15-14(8-12(9-19)20-15)16-13-7-11(17)4-3-10(13)5-6-18-16/h3-4,7-9,16,18H,2,5-6H2,1H3. The number of nitrogens with one attached hydrogen (secondary N) is 1. The quantitative estimate of drug-likeness (QED) is 0.868. The second-order valence-corrected chi connectivity index (χ2v) is 6.58. The molecule has 1 aromatic heterocycles. The summed E-state index contributed by atoms with van der Waals surface area (Å²) in [6, 6.07) is 8.28. The fourth-order valence-electron chi connectivity index (χ4n) is 2.84. The second-order valence-electron chi connectivity index (χ2n) is 4.98. The fraction of sp³-hybridized carbons (Fsp3) is 0.312. The number of aldehydes is 1. The van der Waals surface area contributed by atoms with Crippen LogP contribution in [0.4, 0.5) is 0 Å². The smallest absolute Gasteiger partial charge is 0.160 e. The summed E-state index contributed by atoms with van der Waals surface area (Å²) >= 11 is 7.75.